The van der Waals surface area contributed by atoms with Gasteiger partial charge in [-0.15, -0.1) is 10.2 Å². The zero-order valence-electron chi connectivity index (χ0n) is 18.3. The van der Waals surface area contributed by atoms with Crippen LogP contribution in [0.4, 0.5) is 4.39 Å². The number of aliphatic hydroxyl groups excluding tert-OH is 2. The quantitative estimate of drug-likeness (QED) is 0.345. The molecule has 0 radical (unpaired) electrons. The van der Waals surface area contributed by atoms with Crippen LogP contribution in [-0.2, 0) is 17.6 Å². The van der Waals surface area contributed by atoms with Crippen LogP contribution in [0.5, 0.6) is 5.75 Å². The van der Waals surface area contributed by atoms with E-state index in [1.54, 1.807) is 23.8 Å². The van der Waals surface area contributed by atoms with Crippen molar-refractivity contribution in [2.24, 2.45) is 0 Å². The number of methoxy groups -OCH3 is 1. The highest BCUT2D eigenvalue weighted by Crippen LogP contribution is 2.23. The first-order valence-electron chi connectivity index (χ1n) is 10.5. The first-order valence-corrected chi connectivity index (χ1v) is 11.5. The number of carbonyl (C=O) groups is 1. The number of aryl methyl sites for hydroxylation is 1. The standard InChI is InChI=1S/C23H27FN4O4S/c1-32-20-5-3-2-4-16(20)6-11-22(31)25-13-12-21-26-27-23(33-15-19(30)14-29)28(21)18-9-7-17(24)8-10-18/h2-5,7-10,19,29-30H,6,11-15H2,1H3,(H,25,31)/t19-/m0/s1. The molecular formula is C23H27FN4O4S. The van der Waals surface area contributed by atoms with Gasteiger partial charge in [-0.1, -0.05) is 30.0 Å². The van der Waals surface area contributed by atoms with Gasteiger partial charge in [0, 0.05) is 30.8 Å². The number of carbonyl (C=O) groups excluding carboxylic acids is 1. The average molecular weight is 475 g/mol. The molecule has 10 heteroatoms. The molecular weight excluding hydrogens is 447 g/mol. The number of benzene rings is 2. The summed E-state index contributed by atoms with van der Waals surface area (Å²) in [6, 6.07) is 13.5. The molecule has 176 valence electrons. The van der Waals surface area contributed by atoms with E-state index in [1.807, 2.05) is 24.3 Å². The van der Waals surface area contributed by atoms with Crippen molar-refractivity contribution in [3.05, 3.63) is 65.7 Å². The summed E-state index contributed by atoms with van der Waals surface area (Å²) in [5, 5.41) is 30.5. The number of hydrogen-bond donors (Lipinski definition) is 3. The van der Waals surface area contributed by atoms with E-state index >= 15 is 0 Å². The predicted molar refractivity (Wildman–Crippen MR) is 123 cm³/mol. The van der Waals surface area contributed by atoms with E-state index in [2.05, 4.69) is 15.5 Å². The lowest BCUT2D eigenvalue weighted by atomic mass is 10.1. The molecule has 1 atom stereocenters. The Bertz CT molecular complexity index is 1050. The summed E-state index contributed by atoms with van der Waals surface area (Å²) >= 11 is 1.23. The van der Waals surface area contributed by atoms with Crippen LogP contribution in [0.25, 0.3) is 5.69 Å². The van der Waals surface area contributed by atoms with Gasteiger partial charge in [0.05, 0.1) is 19.8 Å². The Labute approximate surface area is 195 Å². The number of hydrogen-bond acceptors (Lipinski definition) is 7. The number of amides is 1. The van der Waals surface area contributed by atoms with Gasteiger partial charge < -0.3 is 20.3 Å². The molecule has 0 spiro atoms. The van der Waals surface area contributed by atoms with Crippen LogP contribution < -0.4 is 10.1 Å². The Hall–Kier alpha value is -2.95. The maximum atomic E-state index is 13.4. The van der Waals surface area contributed by atoms with E-state index in [0.717, 1.165) is 11.3 Å². The molecule has 0 bridgehead atoms. The second-order valence-electron chi connectivity index (χ2n) is 7.27. The van der Waals surface area contributed by atoms with Gasteiger partial charge in [-0.25, -0.2) is 4.39 Å². The van der Waals surface area contributed by atoms with Crippen molar-refractivity contribution < 1.29 is 24.1 Å². The number of nitrogens with zero attached hydrogens (tertiary/aromatic N) is 3. The number of rotatable bonds is 12. The molecule has 0 saturated heterocycles. The van der Waals surface area contributed by atoms with E-state index < -0.39 is 6.10 Å². The van der Waals surface area contributed by atoms with Gasteiger partial charge in [-0.05, 0) is 42.3 Å². The van der Waals surface area contributed by atoms with Gasteiger partial charge in [0.1, 0.15) is 17.4 Å². The lowest BCUT2D eigenvalue weighted by molar-refractivity contribution is -0.121. The van der Waals surface area contributed by atoms with Crippen molar-refractivity contribution in [2.75, 3.05) is 26.0 Å². The molecule has 0 aliphatic heterocycles. The van der Waals surface area contributed by atoms with Gasteiger partial charge in [0.15, 0.2) is 5.16 Å². The van der Waals surface area contributed by atoms with Gasteiger partial charge in [0.25, 0.3) is 0 Å². The van der Waals surface area contributed by atoms with Gasteiger partial charge in [-0.2, -0.15) is 0 Å². The average Bonchev–Trinajstić information content (AvgIpc) is 3.24. The van der Waals surface area contributed by atoms with Crippen molar-refractivity contribution >= 4 is 17.7 Å². The van der Waals surface area contributed by atoms with Gasteiger partial charge in [-0.3, -0.25) is 9.36 Å². The third-order valence-electron chi connectivity index (χ3n) is 4.89. The molecule has 33 heavy (non-hydrogen) atoms. The van der Waals surface area contributed by atoms with Crippen molar-refractivity contribution in [3.8, 4) is 11.4 Å². The Kier molecular flexibility index (Phi) is 9.23. The molecule has 1 heterocycles. The molecule has 3 N–H and O–H groups in total. The highest BCUT2D eigenvalue weighted by atomic mass is 32.2. The molecule has 0 unspecified atom stereocenters. The van der Waals surface area contributed by atoms with Crippen molar-refractivity contribution in [1.29, 1.82) is 0 Å². The number of thioether (sulfide) groups is 1. The highest BCUT2D eigenvalue weighted by Gasteiger charge is 2.16. The summed E-state index contributed by atoms with van der Waals surface area (Å²) in [6.07, 6.45) is 0.411. The van der Waals surface area contributed by atoms with Crippen molar-refractivity contribution in [1.82, 2.24) is 20.1 Å². The van der Waals surface area contributed by atoms with Crippen LogP contribution in [0.1, 0.15) is 17.8 Å². The van der Waals surface area contributed by atoms with Crippen molar-refractivity contribution in [2.45, 2.75) is 30.5 Å². The van der Waals surface area contributed by atoms with Crippen LogP contribution in [0, 0.1) is 5.82 Å². The minimum absolute atomic E-state index is 0.0885. The van der Waals surface area contributed by atoms with E-state index in [-0.39, 0.29) is 24.1 Å². The third-order valence-corrected chi connectivity index (χ3v) is 5.96. The van der Waals surface area contributed by atoms with E-state index in [4.69, 9.17) is 9.84 Å². The minimum Gasteiger partial charge on any atom is -0.496 e. The molecule has 0 saturated carbocycles. The van der Waals surface area contributed by atoms with Gasteiger partial charge >= 0.3 is 0 Å². The fraction of sp³-hybridized carbons (Fsp3) is 0.348. The molecule has 0 aliphatic carbocycles. The number of aromatic nitrogens is 3. The number of halogens is 1. The van der Waals surface area contributed by atoms with Crippen LogP contribution in [-0.4, -0.2) is 63.0 Å². The van der Waals surface area contributed by atoms with Crippen LogP contribution in [0.15, 0.2) is 53.7 Å². The summed E-state index contributed by atoms with van der Waals surface area (Å²) in [4.78, 5) is 12.3. The molecule has 2 aromatic carbocycles. The summed E-state index contributed by atoms with van der Waals surface area (Å²) in [7, 11) is 1.60. The highest BCUT2D eigenvalue weighted by molar-refractivity contribution is 7.99. The summed E-state index contributed by atoms with van der Waals surface area (Å²) in [6.45, 7) is -0.000548. The predicted octanol–water partition coefficient (Wildman–Crippen LogP) is 2.15. The fourth-order valence-corrected chi connectivity index (χ4v) is 4.07. The first-order chi connectivity index (χ1) is 16.0. The van der Waals surface area contributed by atoms with Gasteiger partial charge in [0.2, 0.25) is 5.91 Å². The number of ether oxygens (including phenoxy) is 1. The van der Waals surface area contributed by atoms with Crippen LogP contribution >= 0.6 is 11.8 Å². The largest absolute Gasteiger partial charge is 0.496 e. The van der Waals surface area contributed by atoms with E-state index in [9.17, 15) is 14.3 Å². The number of nitrogens with one attached hydrogen (secondary N) is 1. The topological polar surface area (TPSA) is 110 Å². The minimum atomic E-state index is -0.889. The molecule has 3 rings (SSSR count). The van der Waals surface area contributed by atoms with Crippen LogP contribution in [0.3, 0.4) is 0 Å². The normalized spacial score (nSPS) is 11.9. The van der Waals surface area contributed by atoms with Crippen LogP contribution in [0.2, 0.25) is 0 Å². The first kappa shape index (κ1) is 24.7. The molecule has 0 fully saturated rings. The number of para-hydroxylation sites is 1. The smallest absolute Gasteiger partial charge is 0.220 e. The lowest BCUT2D eigenvalue weighted by Gasteiger charge is -2.12. The number of aliphatic hydroxyl groups is 2. The zero-order chi connectivity index (χ0) is 23.6. The lowest BCUT2D eigenvalue weighted by Crippen LogP contribution is -2.26. The Morgan fingerprint density at radius 2 is 1.94 bits per heavy atom. The summed E-state index contributed by atoms with van der Waals surface area (Å²) in [5.74, 6) is 1.13. The Morgan fingerprint density at radius 3 is 2.67 bits per heavy atom. The molecule has 3 aromatic rings. The zero-order valence-corrected chi connectivity index (χ0v) is 19.1. The third kappa shape index (κ3) is 7.01. The van der Waals surface area contributed by atoms with E-state index in [1.165, 1.54) is 23.9 Å². The summed E-state index contributed by atoms with van der Waals surface area (Å²) < 4.78 is 20.5. The second-order valence-corrected chi connectivity index (χ2v) is 8.26. The molecule has 1 aromatic heterocycles. The molecule has 0 aliphatic rings. The molecule has 8 nitrogen and oxygen atoms in total. The van der Waals surface area contributed by atoms with E-state index in [0.29, 0.717) is 42.5 Å². The second kappa shape index (κ2) is 12.3. The Morgan fingerprint density at radius 1 is 1.18 bits per heavy atom. The molecule has 1 amide bonds. The Balaban J connectivity index is 1.62. The fourth-order valence-electron chi connectivity index (χ4n) is 3.19. The maximum absolute atomic E-state index is 13.4. The van der Waals surface area contributed by atoms with Crippen molar-refractivity contribution in [3.63, 3.8) is 0 Å². The SMILES string of the molecule is COc1ccccc1CCC(=O)NCCc1nnc(SC[C@@H](O)CO)n1-c1ccc(F)cc1. The summed E-state index contributed by atoms with van der Waals surface area (Å²) in [5.41, 5.74) is 1.64. The maximum Gasteiger partial charge on any atom is 0.220 e. The monoisotopic (exact) mass is 474 g/mol.